The van der Waals surface area contributed by atoms with E-state index in [1.54, 1.807) is 7.05 Å². The molecule has 0 spiro atoms. The van der Waals surface area contributed by atoms with Crippen molar-refractivity contribution in [2.24, 2.45) is 7.05 Å². The van der Waals surface area contributed by atoms with Gasteiger partial charge in [0.15, 0.2) is 5.75 Å². The van der Waals surface area contributed by atoms with Crippen molar-refractivity contribution in [1.82, 2.24) is 9.78 Å². The van der Waals surface area contributed by atoms with Crippen LogP contribution in [0.4, 0.5) is 0 Å². The lowest BCUT2D eigenvalue weighted by molar-refractivity contribution is 0.176. The van der Waals surface area contributed by atoms with Crippen molar-refractivity contribution < 1.29 is 9.84 Å². The molecule has 0 bridgehead atoms. The van der Waals surface area contributed by atoms with Crippen LogP contribution in [0.3, 0.4) is 0 Å². The van der Waals surface area contributed by atoms with Crippen molar-refractivity contribution in [3.8, 4) is 16.9 Å². The first kappa shape index (κ1) is 17.2. The Morgan fingerprint density at radius 3 is 2.22 bits per heavy atom. The van der Waals surface area contributed by atoms with Gasteiger partial charge in [-0.3, -0.25) is 4.79 Å². The molecule has 0 aliphatic rings. The Hall–Kier alpha value is -2.14. The molecule has 0 fully saturated rings. The van der Waals surface area contributed by atoms with Gasteiger partial charge in [-0.1, -0.05) is 31.5 Å². The largest absolute Gasteiger partial charge is 0.505 e. The maximum atomic E-state index is 12.7. The van der Waals surface area contributed by atoms with Crippen molar-refractivity contribution in [2.75, 3.05) is 7.11 Å². The molecule has 1 aromatic heterocycles. The molecule has 0 saturated carbocycles. The quantitative estimate of drug-likeness (QED) is 0.921. The predicted molar refractivity (Wildman–Crippen MR) is 90.8 cm³/mol. The molecule has 5 nitrogen and oxygen atoms in total. The van der Waals surface area contributed by atoms with Gasteiger partial charge in [0.1, 0.15) is 5.69 Å². The second-order valence-corrected chi connectivity index (χ2v) is 5.70. The lowest BCUT2D eigenvalue weighted by atomic mass is 9.90. The second kappa shape index (κ2) is 6.96. The molecule has 1 aromatic carbocycles. The fraction of sp³-hybridized carbons (Fsp3) is 0.444. The van der Waals surface area contributed by atoms with Gasteiger partial charge in [0.25, 0.3) is 5.56 Å². The van der Waals surface area contributed by atoms with Crippen LogP contribution in [-0.4, -0.2) is 22.0 Å². The number of rotatable bonds is 5. The molecule has 0 aliphatic heterocycles. The average molecular weight is 316 g/mol. The molecule has 0 aliphatic carbocycles. The fourth-order valence-corrected chi connectivity index (χ4v) is 2.96. The molecule has 2 aromatic rings. The van der Waals surface area contributed by atoms with Gasteiger partial charge in [0.2, 0.25) is 0 Å². The van der Waals surface area contributed by atoms with Crippen LogP contribution in [0, 0.1) is 6.92 Å². The van der Waals surface area contributed by atoms with Crippen molar-refractivity contribution in [1.29, 1.82) is 0 Å². The molecule has 0 atom stereocenters. The molecule has 0 saturated heterocycles. The highest BCUT2D eigenvalue weighted by Crippen LogP contribution is 2.34. The third-order valence-electron chi connectivity index (χ3n) is 4.03. The van der Waals surface area contributed by atoms with E-state index in [1.165, 1.54) is 11.8 Å². The van der Waals surface area contributed by atoms with Crippen LogP contribution in [0.15, 0.2) is 16.9 Å². The molecule has 0 unspecified atom stereocenters. The number of aromatic hydroxyl groups is 1. The summed E-state index contributed by atoms with van der Waals surface area (Å²) in [5.74, 6) is -0.0804. The van der Waals surface area contributed by atoms with Gasteiger partial charge >= 0.3 is 0 Å². The molecule has 0 amide bonds. The number of aromatic nitrogens is 2. The van der Waals surface area contributed by atoms with E-state index < -0.39 is 0 Å². The molecule has 124 valence electrons. The summed E-state index contributed by atoms with van der Waals surface area (Å²) in [6.45, 7) is 6.30. The van der Waals surface area contributed by atoms with Crippen LogP contribution in [0.2, 0.25) is 0 Å². The zero-order valence-corrected chi connectivity index (χ0v) is 14.4. The molecule has 0 radical (unpaired) electrons. The number of aryl methyl sites for hydroxylation is 4. The summed E-state index contributed by atoms with van der Waals surface area (Å²) in [6.07, 6.45) is 1.57. The van der Waals surface area contributed by atoms with Crippen LogP contribution < -0.4 is 5.56 Å². The number of benzene rings is 1. The number of hydrogen-bond acceptors (Lipinski definition) is 4. The van der Waals surface area contributed by atoms with E-state index in [-0.39, 0.29) is 17.9 Å². The normalized spacial score (nSPS) is 11.0. The summed E-state index contributed by atoms with van der Waals surface area (Å²) in [7, 11) is 3.13. The standard InChI is InChI=1S/C18H24N2O3/c1-6-12-8-11(3)9-13(7-2)15(12)16-17(21)14(10-23-5)19-20(4)18(16)22/h8-9,21H,6-7,10H2,1-5H3. The van der Waals surface area contributed by atoms with Crippen molar-refractivity contribution in [2.45, 2.75) is 40.2 Å². The van der Waals surface area contributed by atoms with E-state index in [9.17, 15) is 9.90 Å². The van der Waals surface area contributed by atoms with E-state index in [1.807, 2.05) is 6.92 Å². The predicted octanol–water partition coefficient (Wildman–Crippen LogP) is 2.73. The Morgan fingerprint density at radius 2 is 1.74 bits per heavy atom. The summed E-state index contributed by atoms with van der Waals surface area (Å²) in [6, 6.07) is 4.15. The van der Waals surface area contributed by atoms with Crippen LogP contribution in [0.1, 0.15) is 36.2 Å². The van der Waals surface area contributed by atoms with E-state index in [0.29, 0.717) is 11.3 Å². The lowest BCUT2D eigenvalue weighted by Gasteiger charge is -2.17. The van der Waals surface area contributed by atoms with Crippen molar-refractivity contribution in [3.63, 3.8) is 0 Å². The molecule has 23 heavy (non-hydrogen) atoms. The highest BCUT2D eigenvalue weighted by Gasteiger charge is 2.21. The SMILES string of the molecule is CCc1cc(C)cc(CC)c1-c1c(O)c(COC)nn(C)c1=O. The van der Waals surface area contributed by atoms with E-state index in [0.717, 1.165) is 35.1 Å². The summed E-state index contributed by atoms with van der Waals surface area (Å²) in [4.78, 5) is 12.7. The van der Waals surface area contributed by atoms with Gasteiger partial charge in [-0.15, -0.1) is 0 Å². The maximum Gasteiger partial charge on any atom is 0.278 e. The van der Waals surface area contributed by atoms with Gasteiger partial charge in [0.05, 0.1) is 12.2 Å². The average Bonchev–Trinajstić information content (AvgIpc) is 2.53. The molecular weight excluding hydrogens is 292 g/mol. The first-order valence-corrected chi connectivity index (χ1v) is 7.85. The number of methoxy groups -OCH3 is 1. The van der Waals surface area contributed by atoms with Crippen LogP contribution in [-0.2, 0) is 31.2 Å². The fourth-order valence-electron chi connectivity index (χ4n) is 2.96. The van der Waals surface area contributed by atoms with Crippen LogP contribution in [0.25, 0.3) is 11.1 Å². The number of hydrogen-bond donors (Lipinski definition) is 1. The van der Waals surface area contributed by atoms with Gasteiger partial charge < -0.3 is 9.84 Å². The molecule has 1 N–H and O–H groups in total. The highest BCUT2D eigenvalue weighted by molar-refractivity contribution is 5.76. The minimum atomic E-state index is -0.296. The van der Waals surface area contributed by atoms with Crippen molar-refractivity contribution >= 4 is 0 Å². The first-order chi connectivity index (χ1) is 10.9. The minimum Gasteiger partial charge on any atom is -0.505 e. The zero-order chi connectivity index (χ0) is 17.1. The Labute approximate surface area is 136 Å². The summed E-state index contributed by atoms with van der Waals surface area (Å²) < 4.78 is 6.35. The van der Waals surface area contributed by atoms with Crippen LogP contribution in [0.5, 0.6) is 5.75 Å². The number of ether oxygens (including phenoxy) is 1. The first-order valence-electron chi connectivity index (χ1n) is 7.85. The van der Waals surface area contributed by atoms with E-state index in [4.69, 9.17) is 4.74 Å². The van der Waals surface area contributed by atoms with Gasteiger partial charge in [0, 0.05) is 14.2 Å². The Balaban J connectivity index is 2.89. The van der Waals surface area contributed by atoms with Gasteiger partial charge in [-0.05, 0) is 36.5 Å². The van der Waals surface area contributed by atoms with Crippen LogP contribution >= 0.6 is 0 Å². The summed E-state index contributed by atoms with van der Waals surface area (Å²) in [5, 5.41) is 14.7. The van der Waals surface area contributed by atoms with E-state index in [2.05, 4.69) is 31.1 Å². The van der Waals surface area contributed by atoms with Gasteiger partial charge in [-0.25, -0.2) is 4.68 Å². The lowest BCUT2D eigenvalue weighted by Crippen LogP contribution is -2.24. The molecular formula is C18H24N2O3. The third-order valence-corrected chi connectivity index (χ3v) is 4.03. The Kier molecular flexibility index (Phi) is 5.21. The summed E-state index contributed by atoms with van der Waals surface area (Å²) >= 11 is 0. The van der Waals surface area contributed by atoms with E-state index >= 15 is 0 Å². The maximum absolute atomic E-state index is 12.7. The van der Waals surface area contributed by atoms with Crippen molar-refractivity contribution in [3.05, 3.63) is 44.9 Å². The smallest absolute Gasteiger partial charge is 0.278 e. The van der Waals surface area contributed by atoms with Gasteiger partial charge in [-0.2, -0.15) is 5.10 Å². The second-order valence-electron chi connectivity index (χ2n) is 5.70. The monoisotopic (exact) mass is 316 g/mol. The summed E-state index contributed by atoms with van der Waals surface area (Å²) in [5.41, 5.74) is 4.50. The molecule has 5 heteroatoms. The zero-order valence-electron chi connectivity index (χ0n) is 14.4. The highest BCUT2D eigenvalue weighted by atomic mass is 16.5. The minimum absolute atomic E-state index is 0.0804. The third kappa shape index (κ3) is 3.15. The topological polar surface area (TPSA) is 64.3 Å². The Morgan fingerprint density at radius 1 is 1.17 bits per heavy atom. The Bertz CT molecular complexity index is 754. The number of nitrogens with zero attached hydrogens (tertiary/aromatic N) is 2. The molecule has 1 heterocycles. The molecule has 2 rings (SSSR count).